The molecule has 2 atom stereocenters. The van der Waals surface area contributed by atoms with Crippen molar-refractivity contribution in [1.29, 1.82) is 0 Å². The molecule has 1 aliphatic carbocycles. The van der Waals surface area contributed by atoms with Gasteiger partial charge in [-0.2, -0.15) is 4.98 Å². The average Bonchev–Trinajstić information content (AvgIpc) is 3.36. The topological polar surface area (TPSA) is 107 Å². The van der Waals surface area contributed by atoms with E-state index >= 15 is 0 Å². The number of likely N-dealkylation sites (N-methyl/N-ethyl adjacent to an activating group) is 2. The molecule has 170 valence electrons. The third-order valence-electron chi connectivity index (χ3n) is 6.28. The van der Waals surface area contributed by atoms with E-state index in [1.807, 2.05) is 19.0 Å². The monoisotopic (exact) mass is 439 g/mol. The average molecular weight is 440 g/mol. The van der Waals surface area contributed by atoms with Gasteiger partial charge in [-0.3, -0.25) is 4.79 Å². The molecule has 1 aliphatic rings. The Balaban J connectivity index is 1.66. The lowest BCUT2D eigenvalue weighted by atomic mass is 9.88. The molecule has 1 aromatic carbocycles. The van der Waals surface area contributed by atoms with Gasteiger partial charge in [-0.1, -0.05) is 12.8 Å². The minimum Gasteiger partial charge on any atom is -0.493 e. The summed E-state index contributed by atoms with van der Waals surface area (Å²) < 4.78 is 16.1. The number of nitrogens with zero attached hydrogens (tertiary/aromatic N) is 4. The van der Waals surface area contributed by atoms with Gasteiger partial charge < -0.3 is 29.4 Å². The van der Waals surface area contributed by atoms with Gasteiger partial charge in [-0.05, 0) is 31.0 Å². The normalized spacial score (nSPS) is 18.4. The molecule has 1 saturated carbocycles. The fourth-order valence-electron chi connectivity index (χ4n) is 4.49. The molecule has 1 fully saturated rings. The SMILES string of the molecule is COc1cc2nc(N(C)[C@@H]3CCCCC3N(C)C(=O)c3ccco3)nc(N)c2cc1OC. The number of anilines is 2. The van der Waals surface area contributed by atoms with Crippen LogP contribution in [0.2, 0.25) is 0 Å². The van der Waals surface area contributed by atoms with Crippen molar-refractivity contribution in [2.75, 3.05) is 38.9 Å². The van der Waals surface area contributed by atoms with Crippen molar-refractivity contribution >= 4 is 28.6 Å². The van der Waals surface area contributed by atoms with E-state index in [9.17, 15) is 4.79 Å². The number of methoxy groups -OCH3 is 2. The highest BCUT2D eigenvalue weighted by atomic mass is 16.5. The molecule has 0 radical (unpaired) electrons. The molecule has 2 aromatic heterocycles. The van der Waals surface area contributed by atoms with Crippen molar-refractivity contribution < 1.29 is 18.7 Å². The van der Waals surface area contributed by atoms with E-state index in [4.69, 9.17) is 24.6 Å². The maximum atomic E-state index is 12.9. The first kappa shape index (κ1) is 21.7. The summed E-state index contributed by atoms with van der Waals surface area (Å²) in [5.41, 5.74) is 6.97. The highest BCUT2D eigenvalue weighted by Crippen LogP contribution is 2.35. The van der Waals surface area contributed by atoms with E-state index in [1.165, 1.54) is 6.26 Å². The molecule has 9 nitrogen and oxygen atoms in total. The molecule has 2 N–H and O–H groups in total. The minimum absolute atomic E-state index is 0.00252. The number of nitrogen functional groups attached to an aromatic ring is 1. The van der Waals surface area contributed by atoms with E-state index in [1.54, 1.807) is 43.4 Å². The van der Waals surface area contributed by atoms with Crippen molar-refractivity contribution in [3.63, 3.8) is 0 Å². The number of hydrogen-bond donors (Lipinski definition) is 1. The number of hydrogen-bond acceptors (Lipinski definition) is 8. The van der Waals surface area contributed by atoms with E-state index in [2.05, 4.69) is 4.98 Å². The van der Waals surface area contributed by atoms with Crippen LogP contribution in [0.4, 0.5) is 11.8 Å². The first-order valence-corrected chi connectivity index (χ1v) is 10.7. The van der Waals surface area contributed by atoms with Gasteiger partial charge in [0.1, 0.15) is 5.82 Å². The Morgan fingerprint density at radius 2 is 1.78 bits per heavy atom. The van der Waals surface area contributed by atoms with Crippen LogP contribution in [-0.2, 0) is 0 Å². The standard InChI is InChI=1S/C23H29N5O4/c1-27(22(29)18-10-7-11-32-18)16-8-5-6-9-17(16)28(2)23-25-15-13-20(31-4)19(30-3)12-14(15)21(24)26-23/h7,10-13,16-17H,5-6,8-9H2,1-4H3,(H2,24,25,26)/t16?,17-/m1/s1. The second kappa shape index (κ2) is 8.94. The highest BCUT2D eigenvalue weighted by molar-refractivity contribution is 5.92. The first-order valence-electron chi connectivity index (χ1n) is 10.7. The molecule has 32 heavy (non-hydrogen) atoms. The lowest BCUT2D eigenvalue weighted by Gasteiger charge is -2.42. The fraction of sp³-hybridized carbons (Fsp3) is 0.435. The highest BCUT2D eigenvalue weighted by Gasteiger charge is 2.35. The van der Waals surface area contributed by atoms with Crippen LogP contribution < -0.4 is 20.1 Å². The number of fused-ring (bicyclic) bond motifs is 1. The number of rotatable bonds is 6. The summed E-state index contributed by atoms with van der Waals surface area (Å²) in [6, 6.07) is 7.04. The number of carbonyl (C=O) groups excluding carboxylic acids is 1. The Kier molecular flexibility index (Phi) is 6.07. The summed E-state index contributed by atoms with van der Waals surface area (Å²) in [5.74, 6) is 2.23. The Hall–Kier alpha value is -3.49. The number of ether oxygens (including phenoxy) is 2. The van der Waals surface area contributed by atoms with Gasteiger partial charge in [0.2, 0.25) is 5.95 Å². The van der Waals surface area contributed by atoms with Gasteiger partial charge in [0.15, 0.2) is 17.3 Å². The minimum atomic E-state index is -0.129. The van der Waals surface area contributed by atoms with Crippen LogP contribution in [0, 0.1) is 0 Å². The molecule has 0 aliphatic heterocycles. The first-order chi connectivity index (χ1) is 15.4. The number of furan rings is 1. The Labute approximate surface area is 187 Å². The maximum Gasteiger partial charge on any atom is 0.289 e. The second-order valence-electron chi connectivity index (χ2n) is 8.06. The van der Waals surface area contributed by atoms with Gasteiger partial charge in [-0.15, -0.1) is 0 Å². The number of nitrogens with two attached hydrogens (primary N) is 1. The van der Waals surface area contributed by atoms with Crippen LogP contribution >= 0.6 is 0 Å². The molecule has 0 bridgehead atoms. The lowest BCUT2D eigenvalue weighted by molar-refractivity contribution is 0.0637. The molecule has 9 heteroatoms. The van der Waals surface area contributed by atoms with Gasteiger partial charge in [-0.25, -0.2) is 4.98 Å². The zero-order valence-electron chi connectivity index (χ0n) is 18.9. The van der Waals surface area contributed by atoms with Crippen LogP contribution in [-0.4, -0.2) is 61.2 Å². The molecular weight excluding hydrogens is 410 g/mol. The summed E-state index contributed by atoms with van der Waals surface area (Å²) in [4.78, 5) is 26.0. The van der Waals surface area contributed by atoms with Crippen molar-refractivity contribution in [3.8, 4) is 11.5 Å². The summed E-state index contributed by atoms with van der Waals surface area (Å²) in [7, 11) is 6.94. The number of aromatic nitrogens is 2. The molecule has 2 heterocycles. The molecule has 4 rings (SSSR count). The third-order valence-corrected chi connectivity index (χ3v) is 6.28. The molecule has 3 aromatic rings. The Bertz CT molecular complexity index is 1100. The van der Waals surface area contributed by atoms with Crippen LogP contribution in [0.1, 0.15) is 36.2 Å². The van der Waals surface area contributed by atoms with E-state index in [0.717, 1.165) is 25.7 Å². The summed E-state index contributed by atoms with van der Waals surface area (Å²) in [5, 5.41) is 0.699. The van der Waals surface area contributed by atoms with Crippen molar-refractivity contribution in [3.05, 3.63) is 36.3 Å². The molecule has 1 unspecified atom stereocenters. The van der Waals surface area contributed by atoms with Crippen LogP contribution in [0.15, 0.2) is 34.9 Å². The molecule has 0 spiro atoms. The van der Waals surface area contributed by atoms with Crippen molar-refractivity contribution in [2.24, 2.45) is 0 Å². The zero-order valence-corrected chi connectivity index (χ0v) is 18.9. The van der Waals surface area contributed by atoms with E-state index in [0.29, 0.717) is 39.9 Å². The number of benzene rings is 1. The number of amides is 1. The van der Waals surface area contributed by atoms with Gasteiger partial charge in [0.05, 0.1) is 38.1 Å². The lowest BCUT2D eigenvalue weighted by Crippen LogP contribution is -2.53. The van der Waals surface area contributed by atoms with Gasteiger partial charge in [0.25, 0.3) is 5.91 Å². The quantitative estimate of drug-likeness (QED) is 0.623. The van der Waals surface area contributed by atoms with Crippen LogP contribution in [0.5, 0.6) is 11.5 Å². The third kappa shape index (κ3) is 3.90. The largest absolute Gasteiger partial charge is 0.493 e. The van der Waals surface area contributed by atoms with E-state index < -0.39 is 0 Å². The molecule has 1 amide bonds. The summed E-state index contributed by atoms with van der Waals surface area (Å²) >= 11 is 0. The van der Waals surface area contributed by atoms with E-state index in [-0.39, 0.29) is 18.0 Å². The summed E-state index contributed by atoms with van der Waals surface area (Å²) in [6.45, 7) is 0. The predicted octanol–water partition coefficient (Wildman–Crippen LogP) is 3.34. The zero-order chi connectivity index (χ0) is 22.8. The van der Waals surface area contributed by atoms with Gasteiger partial charge in [0, 0.05) is 25.5 Å². The van der Waals surface area contributed by atoms with Crippen LogP contribution in [0.3, 0.4) is 0 Å². The molecular formula is C23H29N5O4. The second-order valence-corrected chi connectivity index (χ2v) is 8.06. The number of carbonyl (C=O) groups is 1. The maximum absolute atomic E-state index is 12.9. The van der Waals surface area contributed by atoms with Crippen molar-refractivity contribution in [1.82, 2.24) is 14.9 Å². The van der Waals surface area contributed by atoms with Crippen molar-refractivity contribution in [2.45, 2.75) is 37.8 Å². The van der Waals surface area contributed by atoms with Gasteiger partial charge >= 0.3 is 0 Å². The fourth-order valence-corrected chi connectivity index (χ4v) is 4.49. The smallest absolute Gasteiger partial charge is 0.289 e. The Morgan fingerprint density at radius 1 is 1.09 bits per heavy atom. The van der Waals surface area contributed by atoms with Crippen LogP contribution in [0.25, 0.3) is 10.9 Å². The summed E-state index contributed by atoms with van der Waals surface area (Å²) in [6.07, 6.45) is 5.46. The predicted molar refractivity (Wildman–Crippen MR) is 122 cm³/mol. The Morgan fingerprint density at radius 3 is 2.44 bits per heavy atom. The molecule has 0 saturated heterocycles.